The van der Waals surface area contributed by atoms with Gasteiger partial charge in [-0.3, -0.25) is 4.79 Å². The van der Waals surface area contributed by atoms with Gasteiger partial charge in [-0.15, -0.1) is 0 Å². The van der Waals surface area contributed by atoms with Gasteiger partial charge in [0.2, 0.25) is 12.0 Å². The molecule has 0 unspecified atom stereocenters. The molecule has 0 bridgehead atoms. The van der Waals surface area contributed by atoms with E-state index in [1.54, 1.807) is 12.1 Å². The average Bonchev–Trinajstić information content (AvgIpc) is 2.30. The number of methoxy groups -OCH3 is 2. The summed E-state index contributed by atoms with van der Waals surface area (Å²) in [6.45, 7) is -0.0651. The van der Waals surface area contributed by atoms with Gasteiger partial charge in [0.25, 0.3) is 0 Å². The van der Waals surface area contributed by atoms with Crippen LogP contribution in [0.2, 0.25) is 0 Å². The first-order chi connectivity index (χ1) is 8.21. The summed E-state index contributed by atoms with van der Waals surface area (Å²) in [5.74, 6) is 0.150. The molecule has 0 aliphatic heterocycles. The normalized spacial score (nSPS) is 9.29. The standard InChI is InChI=1S/C11H12N2O4/c1-16-6-11(15)13-9-5-8(12-7-14)3-4-10(9)17-2/h3-5H,6H2,1-2H3,(H,13,15). The van der Waals surface area contributed by atoms with E-state index in [1.807, 2.05) is 0 Å². The highest BCUT2D eigenvalue weighted by molar-refractivity contribution is 5.93. The van der Waals surface area contributed by atoms with Gasteiger partial charge < -0.3 is 14.8 Å². The molecular formula is C11H12N2O4. The number of rotatable bonds is 5. The summed E-state index contributed by atoms with van der Waals surface area (Å²) >= 11 is 0. The van der Waals surface area contributed by atoms with Crippen LogP contribution in [0.4, 0.5) is 11.4 Å². The van der Waals surface area contributed by atoms with Crippen LogP contribution in [0.1, 0.15) is 0 Å². The fourth-order valence-corrected chi connectivity index (χ4v) is 1.23. The van der Waals surface area contributed by atoms with Gasteiger partial charge in [-0.2, -0.15) is 4.99 Å². The summed E-state index contributed by atoms with van der Waals surface area (Å²) in [6.07, 6.45) is 1.42. The largest absolute Gasteiger partial charge is 0.495 e. The number of isocyanates is 1. The minimum atomic E-state index is -0.321. The van der Waals surface area contributed by atoms with Gasteiger partial charge in [-0.1, -0.05) is 0 Å². The molecule has 1 amide bonds. The van der Waals surface area contributed by atoms with Gasteiger partial charge in [0.15, 0.2) is 0 Å². The first-order valence-corrected chi connectivity index (χ1v) is 4.76. The first kappa shape index (κ1) is 12.9. The molecule has 0 aliphatic rings. The molecule has 1 rings (SSSR count). The minimum absolute atomic E-state index is 0.0651. The fraction of sp³-hybridized carbons (Fsp3) is 0.273. The number of amides is 1. The molecule has 6 heteroatoms. The molecule has 0 saturated heterocycles. The molecule has 0 aliphatic carbocycles. The monoisotopic (exact) mass is 236 g/mol. The molecule has 0 atom stereocenters. The van der Waals surface area contributed by atoms with E-state index in [0.717, 1.165) is 0 Å². The lowest BCUT2D eigenvalue weighted by Crippen LogP contribution is -2.17. The molecule has 0 radical (unpaired) electrons. The third-order valence-electron chi connectivity index (χ3n) is 1.91. The number of ether oxygens (including phenoxy) is 2. The van der Waals surface area contributed by atoms with E-state index in [2.05, 4.69) is 15.0 Å². The second-order valence-corrected chi connectivity index (χ2v) is 3.07. The van der Waals surface area contributed by atoms with Crippen molar-refractivity contribution in [1.82, 2.24) is 0 Å². The van der Waals surface area contributed by atoms with Gasteiger partial charge in [-0.25, -0.2) is 4.79 Å². The van der Waals surface area contributed by atoms with Gasteiger partial charge in [0.05, 0.1) is 18.5 Å². The molecule has 0 heterocycles. The van der Waals surface area contributed by atoms with Gasteiger partial charge in [-0.05, 0) is 18.2 Å². The Labute approximate surface area is 98.3 Å². The zero-order valence-electron chi connectivity index (χ0n) is 9.52. The van der Waals surface area contributed by atoms with Crippen molar-refractivity contribution < 1.29 is 19.1 Å². The summed E-state index contributed by atoms with van der Waals surface area (Å²) in [5, 5.41) is 2.58. The van der Waals surface area contributed by atoms with Crippen molar-refractivity contribution in [3.05, 3.63) is 18.2 Å². The predicted molar refractivity (Wildman–Crippen MR) is 61.3 cm³/mol. The first-order valence-electron chi connectivity index (χ1n) is 4.76. The molecule has 0 spiro atoms. The predicted octanol–water partition coefficient (Wildman–Crippen LogP) is 1.25. The van der Waals surface area contributed by atoms with Crippen LogP contribution >= 0.6 is 0 Å². The molecule has 0 saturated carbocycles. The van der Waals surface area contributed by atoms with E-state index in [4.69, 9.17) is 4.74 Å². The number of nitrogens with one attached hydrogen (secondary N) is 1. The third-order valence-corrected chi connectivity index (χ3v) is 1.91. The smallest absolute Gasteiger partial charge is 0.250 e. The van der Waals surface area contributed by atoms with E-state index < -0.39 is 0 Å². The molecule has 0 fully saturated rings. The Morgan fingerprint density at radius 3 is 2.82 bits per heavy atom. The van der Waals surface area contributed by atoms with Gasteiger partial charge in [0, 0.05) is 7.11 Å². The van der Waals surface area contributed by atoms with E-state index in [1.165, 1.54) is 26.4 Å². The minimum Gasteiger partial charge on any atom is -0.495 e. The summed E-state index contributed by atoms with van der Waals surface area (Å²) < 4.78 is 9.75. The van der Waals surface area contributed by atoms with Crippen molar-refractivity contribution in [2.75, 3.05) is 26.1 Å². The SMILES string of the molecule is COCC(=O)Nc1cc(N=C=O)ccc1OC. The number of hydrogen-bond donors (Lipinski definition) is 1. The highest BCUT2D eigenvalue weighted by Gasteiger charge is 2.08. The maximum absolute atomic E-state index is 11.4. The third kappa shape index (κ3) is 3.71. The molecule has 6 nitrogen and oxygen atoms in total. The Morgan fingerprint density at radius 2 is 2.24 bits per heavy atom. The van der Waals surface area contributed by atoms with Crippen molar-refractivity contribution >= 4 is 23.4 Å². The second kappa shape index (κ2) is 6.42. The summed E-state index contributed by atoms with van der Waals surface area (Å²) in [4.78, 5) is 24.9. The van der Waals surface area contributed by atoms with Gasteiger partial charge >= 0.3 is 0 Å². The molecular weight excluding hydrogens is 224 g/mol. The number of hydrogen-bond acceptors (Lipinski definition) is 5. The van der Waals surface area contributed by atoms with E-state index >= 15 is 0 Å². The van der Waals surface area contributed by atoms with Crippen LogP contribution in [0.25, 0.3) is 0 Å². The Kier molecular flexibility index (Phi) is 4.87. The van der Waals surface area contributed by atoms with Crippen LogP contribution in [0.3, 0.4) is 0 Å². The highest BCUT2D eigenvalue weighted by atomic mass is 16.5. The highest BCUT2D eigenvalue weighted by Crippen LogP contribution is 2.28. The van der Waals surface area contributed by atoms with Crippen LogP contribution in [-0.4, -0.2) is 32.8 Å². The Hall–Kier alpha value is -2.17. The molecule has 90 valence electrons. The lowest BCUT2D eigenvalue weighted by molar-refractivity contribution is -0.119. The number of carbonyl (C=O) groups excluding carboxylic acids is 2. The second-order valence-electron chi connectivity index (χ2n) is 3.07. The van der Waals surface area contributed by atoms with E-state index in [-0.39, 0.29) is 12.5 Å². The van der Waals surface area contributed by atoms with E-state index in [0.29, 0.717) is 17.1 Å². The molecule has 17 heavy (non-hydrogen) atoms. The maximum atomic E-state index is 11.4. The van der Waals surface area contributed by atoms with Crippen LogP contribution in [-0.2, 0) is 14.3 Å². The summed E-state index contributed by atoms with van der Waals surface area (Å²) in [6, 6.07) is 4.69. The number of carbonyl (C=O) groups is 1. The Bertz CT molecular complexity index is 453. The van der Waals surface area contributed by atoms with Crippen LogP contribution in [0.5, 0.6) is 5.75 Å². The number of nitrogens with zero attached hydrogens (tertiary/aromatic N) is 1. The van der Waals surface area contributed by atoms with E-state index in [9.17, 15) is 9.59 Å². The molecule has 1 aromatic carbocycles. The maximum Gasteiger partial charge on any atom is 0.250 e. The van der Waals surface area contributed by atoms with Crippen molar-refractivity contribution in [2.45, 2.75) is 0 Å². The van der Waals surface area contributed by atoms with Gasteiger partial charge in [0.1, 0.15) is 12.4 Å². The van der Waals surface area contributed by atoms with Crippen LogP contribution in [0.15, 0.2) is 23.2 Å². The molecule has 0 aromatic heterocycles. The van der Waals surface area contributed by atoms with Crippen LogP contribution < -0.4 is 10.1 Å². The van der Waals surface area contributed by atoms with Crippen molar-refractivity contribution in [3.8, 4) is 5.75 Å². The Morgan fingerprint density at radius 1 is 1.47 bits per heavy atom. The molecule has 1 aromatic rings. The topological polar surface area (TPSA) is 77.0 Å². The Balaban J connectivity index is 2.97. The lowest BCUT2D eigenvalue weighted by Gasteiger charge is -2.10. The number of benzene rings is 1. The zero-order valence-corrected chi connectivity index (χ0v) is 9.52. The fourth-order valence-electron chi connectivity index (χ4n) is 1.23. The number of anilines is 1. The quantitative estimate of drug-likeness (QED) is 0.616. The van der Waals surface area contributed by atoms with Crippen molar-refractivity contribution in [1.29, 1.82) is 0 Å². The zero-order chi connectivity index (χ0) is 12.7. The number of aliphatic imine (C=N–C) groups is 1. The average molecular weight is 236 g/mol. The lowest BCUT2D eigenvalue weighted by atomic mass is 10.2. The van der Waals surface area contributed by atoms with Crippen molar-refractivity contribution in [2.24, 2.45) is 4.99 Å². The van der Waals surface area contributed by atoms with Crippen molar-refractivity contribution in [3.63, 3.8) is 0 Å². The summed E-state index contributed by atoms with van der Waals surface area (Å²) in [5.41, 5.74) is 0.805. The molecule has 1 N–H and O–H groups in total. The summed E-state index contributed by atoms with van der Waals surface area (Å²) in [7, 11) is 2.90. The van der Waals surface area contributed by atoms with Crippen LogP contribution in [0, 0.1) is 0 Å².